The summed E-state index contributed by atoms with van der Waals surface area (Å²) in [5.74, 6) is 0. The number of amides is 1. The predicted octanol–water partition coefficient (Wildman–Crippen LogP) is 0.583. The van der Waals surface area contributed by atoms with E-state index in [1.165, 1.54) is 0 Å². The molecular weight excluding hydrogens is 196 g/mol. The molecule has 1 rings (SSSR count). The Labute approximate surface area is 90.5 Å². The molecule has 0 aromatic carbocycles. The molecule has 88 valence electrons. The molecule has 1 aliphatic rings. The monoisotopic (exact) mass is 216 g/mol. The Balaban J connectivity index is 2.12. The summed E-state index contributed by atoms with van der Waals surface area (Å²) >= 11 is 0. The molecule has 1 unspecified atom stereocenters. The molecule has 1 fully saturated rings. The van der Waals surface area contributed by atoms with E-state index in [9.17, 15) is 4.79 Å². The molecular formula is C10H20N2O3. The number of carbonyl (C=O) groups excluding carboxylic acids is 1. The number of rotatable bonds is 8. The average molecular weight is 216 g/mol. The van der Waals surface area contributed by atoms with Gasteiger partial charge in [-0.3, -0.25) is 4.90 Å². The number of unbranched alkanes of at least 4 members (excludes halogenated alkanes) is 1. The van der Waals surface area contributed by atoms with Gasteiger partial charge in [0.1, 0.15) is 6.10 Å². The van der Waals surface area contributed by atoms with E-state index in [1.807, 2.05) is 0 Å². The predicted molar refractivity (Wildman–Crippen MR) is 56.6 cm³/mol. The molecule has 15 heavy (non-hydrogen) atoms. The Kier molecular flexibility index (Phi) is 5.42. The van der Waals surface area contributed by atoms with Gasteiger partial charge in [-0.1, -0.05) is 13.3 Å². The maximum absolute atomic E-state index is 10.6. The summed E-state index contributed by atoms with van der Waals surface area (Å²) in [6, 6.07) is 0. The molecule has 2 N–H and O–H groups in total. The van der Waals surface area contributed by atoms with E-state index in [0.717, 1.165) is 39.1 Å². The summed E-state index contributed by atoms with van der Waals surface area (Å²) in [4.78, 5) is 12.8. The van der Waals surface area contributed by atoms with E-state index in [4.69, 9.17) is 15.2 Å². The highest BCUT2D eigenvalue weighted by atomic mass is 16.6. The number of nitrogens with zero attached hydrogens (tertiary/aromatic N) is 1. The molecule has 0 saturated carbocycles. The van der Waals surface area contributed by atoms with Crippen molar-refractivity contribution in [2.45, 2.75) is 25.9 Å². The fraction of sp³-hybridized carbons (Fsp3) is 0.900. The summed E-state index contributed by atoms with van der Waals surface area (Å²) in [6.45, 7) is 6.15. The van der Waals surface area contributed by atoms with Crippen molar-refractivity contribution < 1.29 is 14.3 Å². The molecule has 0 spiro atoms. The number of hydrogen-bond donors (Lipinski definition) is 1. The average Bonchev–Trinajstić information content (AvgIpc) is 2.95. The number of hydrogen-bond acceptors (Lipinski definition) is 4. The van der Waals surface area contributed by atoms with Crippen molar-refractivity contribution in [1.82, 2.24) is 4.90 Å². The third-order valence-electron chi connectivity index (χ3n) is 2.23. The second kappa shape index (κ2) is 6.63. The van der Waals surface area contributed by atoms with Crippen molar-refractivity contribution >= 4 is 6.09 Å². The largest absolute Gasteiger partial charge is 0.443 e. The van der Waals surface area contributed by atoms with Crippen molar-refractivity contribution in [2.75, 3.05) is 32.8 Å². The lowest BCUT2D eigenvalue weighted by atomic mass is 10.3. The maximum atomic E-state index is 10.6. The van der Waals surface area contributed by atoms with Gasteiger partial charge >= 0.3 is 6.09 Å². The summed E-state index contributed by atoms with van der Waals surface area (Å²) < 4.78 is 10.4. The van der Waals surface area contributed by atoms with Gasteiger partial charge < -0.3 is 15.2 Å². The first-order chi connectivity index (χ1) is 7.22. The Hall–Kier alpha value is -0.810. The number of carbonyl (C=O) groups is 1. The first-order valence-electron chi connectivity index (χ1n) is 5.48. The van der Waals surface area contributed by atoms with Crippen LogP contribution >= 0.6 is 0 Å². The summed E-state index contributed by atoms with van der Waals surface area (Å²) in [6.07, 6.45) is 1.20. The first kappa shape index (κ1) is 12.3. The lowest BCUT2D eigenvalue weighted by Crippen LogP contribution is -2.32. The van der Waals surface area contributed by atoms with Crippen molar-refractivity contribution in [1.29, 1.82) is 0 Å². The fourth-order valence-electron chi connectivity index (χ4n) is 1.29. The number of ether oxygens (including phenoxy) is 2. The minimum atomic E-state index is -0.721. The van der Waals surface area contributed by atoms with E-state index in [1.54, 1.807) is 0 Å². The highest BCUT2D eigenvalue weighted by Gasteiger charge is 2.24. The Morgan fingerprint density at radius 2 is 2.27 bits per heavy atom. The minimum absolute atomic E-state index is 0.221. The Bertz CT molecular complexity index is 195. The van der Waals surface area contributed by atoms with Gasteiger partial charge in [-0.2, -0.15) is 0 Å². The molecule has 0 aromatic heterocycles. The highest BCUT2D eigenvalue weighted by Crippen LogP contribution is 2.07. The first-order valence-corrected chi connectivity index (χ1v) is 5.48. The van der Waals surface area contributed by atoms with Gasteiger partial charge in [-0.15, -0.1) is 0 Å². The molecule has 0 aliphatic carbocycles. The third-order valence-corrected chi connectivity index (χ3v) is 2.23. The molecule has 1 saturated heterocycles. The SMILES string of the molecule is CCCCOCC(CN1CC1)OC(N)=O. The maximum Gasteiger partial charge on any atom is 0.404 e. The highest BCUT2D eigenvalue weighted by molar-refractivity contribution is 5.64. The minimum Gasteiger partial charge on any atom is -0.443 e. The van der Waals surface area contributed by atoms with Gasteiger partial charge in [0.15, 0.2) is 0 Å². The van der Waals surface area contributed by atoms with Gasteiger partial charge in [0, 0.05) is 26.2 Å². The van der Waals surface area contributed by atoms with E-state index in [-0.39, 0.29) is 6.10 Å². The van der Waals surface area contributed by atoms with E-state index < -0.39 is 6.09 Å². The molecule has 5 nitrogen and oxygen atoms in total. The summed E-state index contributed by atoms with van der Waals surface area (Å²) in [5, 5.41) is 0. The zero-order valence-corrected chi connectivity index (χ0v) is 9.28. The van der Waals surface area contributed by atoms with Gasteiger partial charge in [0.05, 0.1) is 6.61 Å². The molecule has 1 amide bonds. The molecule has 0 radical (unpaired) electrons. The Morgan fingerprint density at radius 1 is 1.53 bits per heavy atom. The fourth-order valence-corrected chi connectivity index (χ4v) is 1.29. The standard InChI is InChI=1S/C10H20N2O3/c1-2-3-6-14-8-9(15-10(11)13)7-12-4-5-12/h9H,2-8H2,1H3,(H2,11,13). The smallest absolute Gasteiger partial charge is 0.404 e. The zero-order valence-electron chi connectivity index (χ0n) is 9.28. The van der Waals surface area contributed by atoms with Crippen LogP contribution in [0.15, 0.2) is 0 Å². The van der Waals surface area contributed by atoms with Crippen LogP contribution in [0, 0.1) is 0 Å². The van der Waals surface area contributed by atoms with E-state index >= 15 is 0 Å². The second-order valence-corrected chi connectivity index (χ2v) is 3.79. The van der Waals surface area contributed by atoms with Crippen molar-refractivity contribution in [3.05, 3.63) is 0 Å². The van der Waals surface area contributed by atoms with Crippen LogP contribution in [0.4, 0.5) is 4.79 Å². The molecule has 1 heterocycles. The van der Waals surface area contributed by atoms with E-state index in [2.05, 4.69) is 11.8 Å². The lowest BCUT2D eigenvalue weighted by molar-refractivity contribution is 0.0168. The van der Waals surface area contributed by atoms with Crippen LogP contribution in [-0.4, -0.2) is 49.9 Å². The van der Waals surface area contributed by atoms with Crippen molar-refractivity contribution in [3.8, 4) is 0 Å². The summed E-state index contributed by atoms with van der Waals surface area (Å²) in [5.41, 5.74) is 4.98. The van der Waals surface area contributed by atoms with Crippen molar-refractivity contribution in [3.63, 3.8) is 0 Å². The third kappa shape index (κ3) is 6.30. The van der Waals surface area contributed by atoms with Crippen LogP contribution in [0.2, 0.25) is 0 Å². The number of primary amides is 1. The lowest BCUT2D eigenvalue weighted by Gasteiger charge is -2.16. The quantitative estimate of drug-likeness (QED) is 0.476. The van der Waals surface area contributed by atoms with Crippen LogP contribution < -0.4 is 5.73 Å². The normalized spacial score (nSPS) is 17.4. The van der Waals surface area contributed by atoms with Gasteiger partial charge in [0.2, 0.25) is 0 Å². The van der Waals surface area contributed by atoms with E-state index in [0.29, 0.717) is 6.61 Å². The van der Waals surface area contributed by atoms with Crippen LogP contribution in [0.25, 0.3) is 0 Å². The van der Waals surface area contributed by atoms with Crippen molar-refractivity contribution in [2.24, 2.45) is 5.73 Å². The molecule has 0 bridgehead atoms. The van der Waals surface area contributed by atoms with Crippen LogP contribution in [0.1, 0.15) is 19.8 Å². The van der Waals surface area contributed by atoms with Gasteiger partial charge in [0.25, 0.3) is 0 Å². The molecule has 0 aromatic rings. The topological polar surface area (TPSA) is 64.6 Å². The molecule has 5 heteroatoms. The van der Waals surface area contributed by atoms with Gasteiger partial charge in [-0.05, 0) is 6.42 Å². The molecule has 1 aliphatic heterocycles. The second-order valence-electron chi connectivity index (χ2n) is 3.79. The number of nitrogens with two attached hydrogens (primary N) is 1. The van der Waals surface area contributed by atoms with Crippen LogP contribution in [0.5, 0.6) is 0 Å². The molecule has 1 atom stereocenters. The Morgan fingerprint density at radius 3 is 2.80 bits per heavy atom. The summed E-state index contributed by atoms with van der Waals surface area (Å²) in [7, 11) is 0. The zero-order chi connectivity index (χ0) is 11.1. The van der Waals surface area contributed by atoms with Crippen LogP contribution in [0.3, 0.4) is 0 Å². The van der Waals surface area contributed by atoms with Gasteiger partial charge in [-0.25, -0.2) is 4.79 Å². The van der Waals surface area contributed by atoms with Crippen LogP contribution in [-0.2, 0) is 9.47 Å².